The largest absolute Gasteiger partial charge is 0.455 e. The Morgan fingerprint density at radius 3 is 1.30 bits per heavy atom. The first-order valence-electron chi connectivity index (χ1n) is 16.2. The highest BCUT2D eigenvalue weighted by molar-refractivity contribution is 6.30. The summed E-state index contributed by atoms with van der Waals surface area (Å²) in [7, 11) is 0. The molecule has 47 heavy (non-hydrogen) atoms. The Morgan fingerprint density at radius 1 is 0.277 bits per heavy atom. The Labute approximate surface area is 271 Å². The van der Waals surface area contributed by atoms with Crippen molar-refractivity contribution in [2.24, 2.45) is 0 Å². The van der Waals surface area contributed by atoms with Gasteiger partial charge in [-0.25, -0.2) is 0 Å². The zero-order valence-corrected chi connectivity index (χ0v) is 25.6. The molecule has 1 heterocycles. The van der Waals surface area contributed by atoms with E-state index in [1.165, 1.54) is 70.9 Å². The molecule has 1 nitrogen and oxygen atoms in total. The molecule has 10 rings (SSSR count). The van der Waals surface area contributed by atoms with Gasteiger partial charge in [0, 0.05) is 16.2 Å². The Bertz CT molecular complexity index is 2760. The van der Waals surface area contributed by atoms with Gasteiger partial charge in [-0.05, 0) is 83.2 Å². The number of fused-ring (bicyclic) bond motifs is 10. The molecule has 0 aliphatic carbocycles. The fourth-order valence-corrected chi connectivity index (χ4v) is 7.77. The maximum absolute atomic E-state index is 6.67. The third kappa shape index (κ3) is 3.90. The molecule has 9 aromatic carbocycles. The van der Waals surface area contributed by atoms with Crippen molar-refractivity contribution in [2.75, 3.05) is 0 Å². The summed E-state index contributed by atoms with van der Waals surface area (Å²) in [5, 5.41) is 12.3. The molecule has 0 aliphatic heterocycles. The molecule has 10 aromatic rings. The van der Waals surface area contributed by atoms with E-state index >= 15 is 0 Å². The molecule has 0 unspecified atom stereocenters. The second-order valence-corrected chi connectivity index (χ2v) is 12.4. The van der Waals surface area contributed by atoms with Crippen LogP contribution in [0.3, 0.4) is 0 Å². The molecule has 0 bridgehead atoms. The lowest BCUT2D eigenvalue weighted by Crippen LogP contribution is -1.90. The summed E-state index contributed by atoms with van der Waals surface area (Å²) in [6.45, 7) is 0. The second-order valence-electron chi connectivity index (χ2n) is 12.4. The molecule has 1 heteroatoms. The van der Waals surface area contributed by atoms with Crippen LogP contribution in [0.15, 0.2) is 174 Å². The van der Waals surface area contributed by atoms with Crippen molar-refractivity contribution in [1.82, 2.24) is 0 Å². The van der Waals surface area contributed by atoms with Gasteiger partial charge in [0.05, 0.1) is 0 Å². The van der Waals surface area contributed by atoms with Gasteiger partial charge < -0.3 is 4.42 Å². The van der Waals surface area contributed by atoms with Crippen molar-refractivity contribution in [1.29, 1.82) is 0 Å². The van der Waals surface area contributed by atoms with Crippen LogP contribution in [0.2, 0.25) is 0 Å². The molecule has 0 N–H and O–H groups in total. The van der Waals surface area contributed by atoms with E-state index in [1.807, 2.05) is 0 Å². The van der Waals surface area contributed by atoms with Gasteiger partial charge in [-0.15, -0.1) is 0 Å². The van der Waals surface area contributed by atoms with E-state index in [2.05, 4.69) is 170 Å². The Hall–Kier alpha value is -6.18. The summed E-state index contributed by atoms with van der Waals surface area (Å²) >= 11 is 0. The number of hydrogen-bond acceptors (Lipinski definition) is 1. The monoisotopic (exact) mass is 596 g/mol. The van der Waals surface area contributed by atoms with E-state index < -0.39 is 0 Å². The van der Waals surface area contributed by atoms with Crippen molar-refractivity contribution >= 4 is 65.0 Å². The van der Waals surface area contributed by atoms with Crippen LogP contribution < -0.4 is 0 Å². The molecule has 0 fully saturated rings. The lowest BCUT2D eigenvalue weighted by atomic mass is 9.86. The topological polar surface area (TPSA) is 13.1 Å². The second kappa shape index (κ2) is 10.2. The number of rotatable bonds is 3. The van der Waals surface area contributed by atoms with E-state index in [-0.39, 0.29) is 0 Å². The number of benzene rings is 9. The van der Waals surface area contributed by atoms with Gasteiger partial charge in [-0.3, -0.25) is 0 Å². The van der Waals surface area contributed by atoms with Gasteiger partial charge in [0.25, 0.3) is 0 Å². The summed E-state index contributed by atoms with van der Waals surface area (Å²) in [5.74, 6) is 0. The molecular weight excluding hydrogens is 569 g/mol. The van der Waals surface area contributed by atoms with Crippen molar-refractivity contribution in [3.8, 4) is 33.4 Å². The predicted molar refractivity (Wildman–Crippen MR) is 200 cm³/mol. The van der Waals surface area contributed by atoms with Crippen LogP contribution in [0.25, 0.3) is 98.4 Å². The van der Waals surface area contributed by atoms with Crippen molar-refractivity contribution in [2.45, 2.75) is 0 Å². The van der Waals surface area contributed by atoms with Crippen LogP contribution in [0, 0.1) is 0 Å². The summed E-state index contributed by atoms with van der Waals surface area (Å²) in [6, 6.07) is 61.4. The molecule has 218 valence electrons. The average Bonchev–Trinajstić information content (AvgIpc) is 3.54. The molecular formula is C46H28O. The summed E-state index contributed by atoms with van der Waals surface area (Å²) < 4.78 is 6.67. The van der Waals surface area contributed by atoms with E-state index in [9.17, 15) is 0 Å². The first kappa shape index (κ1) is 26.1. The minimum absolute atomic E-state index is 0.913. The minimum atomic E-state index is 0.913. The van der Waals surface area contributed by atoms with Crippen LogP contribution in [-0.4, -0.2) is 0 Å². The zero-order valence-electron chi connectivity index (χ0n) is 25.6. The average molecular weight is 597 g/mol. The molecule has 0 atom stereocenters. The molecule has 0 amide bonds. The molecule has 0 radical (unpaired) electrons. The predicted octanol–water partition coefficient (Wildman–Crippen LogP) is 13.2. The van der Waals surface area contributed by atoms with E-state index in [1.54, 1.807) is 0 Å². The molecule has 0 spiro atoms. The first-order chi connectivity index (χ1) is 23.3. The van der Waals surface area contributed by atoms with Crippen molar-refractivity contribution < 1.29 is 4.42 Å². The van der Waals surface area contributed by atoms with E-state index in [0.717, 1.165) is 27.5 Å². The third-order valence-electron chi connectivity index (χ3n) is 9.85. The normalized spacial score (nSPS) is 11.8. The van der Waals surface area contributed by atoms with Crippen molar-refractivity contribution in [3.63, 3.8) is 0 Å². The van der Waals surface area contributed by atoms with Crippen LogP contribution in [0.1, 0.15) is 0 Å². The lowest BCUT2D eigenvalue weighted by molar-refractivity contribution is 0.673. The van der Waals surface area contributed by atoms with Crippen LogP contribution in [0.5, 0.6) is 0 Å². The van der Waals surface area contributed by atoms with Crippen LogP contribution >= 0.6 is 0 Å². The molecule has 1 aromatic heterocycles. The van der Waals surface area contributed by atoms with Gasteiger partial charge in [0.1, 0.15) is 11.2 Å². The van der Waals surface area contributed by atoms with E-state index in [0.29, 0.717) is 0 Å². The SMILES string of the molecule is c1ccc(-c2c3ccccc3c(-c3ccc(-c4ccc5c(c4)oc4c6ccccc6c6ccccc6c54)cc3)c3ccccc23)cc1. The maximum Gasteiger partial charge on any atom is 0.143 e. The Balaban J connectivity index is 1.14. The van der Waals surface area contributed by atoms with Crippen LogP contribution in [0.4, 0.5) is 0 Å². The van der Waals surface area contributed by atoms with E-state index in [4.69, 9.17) is 4.42 Å². The van der Waals surface area contributed by atoms with Gasteiger partial charge in [-0.2, -0.15) is 0 Å². The highest BCUT2D eigenvalue weighted by atomic mass is 16.3. The van der Waals surface area contributed by atoms with Gasteiger partial charge >= 0.3 is 0 Å². The molecule has 0 saturated heterocycles. The number of hydrogen-bond donors (Lipinski definition) is 0. The molecule has 0 aliphatic rings. The lowest BCUT2D eigenvalue weighted by Gasteiger charge is -2.18. The molecule has 0 saturated carbocycles. The zero-order chi connectivity index (χ0) is 30.9. The Morgan fingerprint density at radius 2 is 0.702 bits per heavy atom. The maximum atomic E-state index is 6.67. The first-order valence-corrected chi connectivity index (χ1v) is 16.2. The summed E-state index contributed by atoms with van der Waals surface area (Å²) in [4.78, 5) is 0. The highest BCUT2D eigenvalue weighted by Gasteiger charge is 2.18. The highest BCUT2D eigenvalue weighted by Crippen LogP contribution is 2.45. The van der Waals surface area contributed by atoms with Crippen molar-refractivity contribution in [3.05, 3.63) is 170 Å². The third-order valence-corrected chi connectivity index (χ3v) is 9.85. The smallest absolute Gasteiger partial charge is 0.143 e. The minimum Gasteiger partial charge on any atom is -0.455 e. The fourth-order valence-electron chi connectivity index (χ4n) is 7.77. The van der Waals surface area contributed by atoms with Gasteiger partial charge in [-0.1, -0.05) is 158 Å². The van der Waals surface area contributed by atoms with Gasteiger partial charge in [0.15, 0.2) is 0 Å². The summed E-state index contributed by atoms with van der Waals surface area (Å²) in [6.07, 6.45) is 0. The van der Waals surface area contributed by atoms with Crippen LogP contribution in [-0.2, 0) is 0 Å². The summed E-state index contributed by atoms with van der Waals surface area (Å²) in [5.41, 5.74) is 9.19. The quantitative estimate of drug-likeness (QED) is 0.146. The number of furan rings is 1. The van der Waals surface area contributed by atoms with Gasteiger partial charge in [0.2, 0.25) is 0 Å². The Kier molecular flexibility index (Phi) is 5.64. The fraction of sp³-hybridized carbons (Fsp3) is 0. The standard InChI is InChI=1S/C46H28O/c1-2-12-30(13-3-1)43-36-17-7-9-19-38(36)44(39-20-10-8-18-37(39)43)31-24-22-29(23-25-31)32-26-27-41-42(28-32)47-46-40-21-11-5-15-34(40)33-14-4-6-16-35(33)45(41)46/h1-28H.